The Morgan fingerprint density at radius 1 is 1.29 bits per heavy atom. The maximum Gasteiger partial charge on any atom is 0.0904 e. The molecule has 0 amide bonds. The van der Waals surface area contributed by atoms with E-state index in [2.05, 4.69) is 18.8 Å². The smallest absolute Gasteiger partial charge is 0.0904 e. The molecule has 0 fully saturated rings. The Labute approximate surface area is 102 Å². The van der Waals surface area contributed by atoms with Crippen molar-refractivity contribution in [2.45, 2.75) is 31.8 Å². The summed E-state index contributed by atoms with van der Waals surface area (Å²) >= 11 is 0. The van der Waals surface area contributed by atoms with E-state index in [-0.39, 0.29) is 0 Å². The summed E-state index contributed by atoms with van der Waals surface area (Å²) in [6.45, 7) is 6.07. The molecule has 1 aromatic heterocycles. The van der Waals surface area contributed by atoms with Crippen LogP contribution in [0.5, 0.6) is 0 Å². The monoisotopic (exact) mass is 228 g/mol. The zero-order valence-electron chi connectivity index (χ0n) is 10.2. The molecule has 1 atom stereocenters. The van der Waals surface area contributed by atoms with E-state index in [1.54, 1.807) is 6.20 Å². The molecule has 17 heavy (non-hydrogen) atoms. The summed E-state index contributed by atoms with van der Waals surface area (Å²) in [7, 11) is 0. The predicted molar refractivity (Wildman–Crippen MR) is 70.5 cm³/mol. The van der Waals surface area contributed by atoms with Crippen molar-refractivity contribution >= 4 is 10.9 Å². The third-order valence-electron chi connectivity index (χ3n) is 3.09. The van der Waals surface area contributed by atoms with Gasteiger partial charge in [-0.05, 0) is 31.0 Å². The minimum absolute atomic E-state index is 0.678. The number of nitrogens with zero attached hydrogens (tertiary/aromatic N) is 1. The molecule has 1 radical (unpaired) electrons. The van der Waals surface area contributed by atoms with Crippen molar-refractivity contribution in [2.75, 3.05) is 0 Å². The van der Waals surface area contributed by atoms with Crippen molar-refractivity contribution in [1.29, 1.82) is 0 Å². The maximum absolute atomic E-state index is 10.5. The highest BCUT2D eigenvalue weighted by Gasteiger charge is 2.24. The van der Waals surface area contributed by atoms with Gasteiger partial charge in [0, 0.05) is 11.6 Å². The lowest BCUT2D eigenvalue weighted by molar-refractivity contribution is 0.0753. The molecule has 1 aromatic carbocycles. The number of fused-ring (bicyclic) bond motifs is 1. The molecule has 2 nitrogen and oxygen atoms in total. The van der Waals surface area contributed by atoms with Crippen LogP contribution in [0.15, 0.2) is 36.5 Å². The van der Waals surface area contributed by atoms with Gasteiger partial charge in [0.25, 0.3) is 0 Å². The third-order valence-corrected chi connectivity index (χ3v) is 3.09. The fourth-order valence-corrected chi connectivity index (χ4v) is 2.11. The van der Waals surface area contributed by atoms with Gasteiger partial charge in [0.05, 0.1) is 11.1 Å². The van der Waals surface area contributed by atoms with Crippen molar-refractivity contribution in [3.63, 3.8) is 0 Å². The zero-order valence-corrected chi connectivity index (χ0v) is 10.2. The van der Waals surface area contributed by atoms with Gasteiger partial charge >= 0.3 is 0 Å². The Morgan fingerprint density at radius 2 is 2.06 bits per heavy atom. The van der Waals surface area contributed by atoms with Crippen molar-refractivity contribution in [2.24, 2.45) is 0 Å². The summed E-state index contributed by atoms with van der Waals surface area (Å²) in [6, 6.07) is 9.72. The second kappa shape index (κ2) is 4.84. The fourth-order valence-electron chi connectivity index (χ4n) is 2.11. The molecular formula is C15H18NO. The lowest BCUT2D eigenvalue weighted by Gasteiger charge is -2.24. The number of aromatic nitrogens is 1. The van der Waals surface area contributed by atoms with E-state index in [0.29, 0.717) is 6.42 Å². The number of pyridine rings is 1. The predicted octanol–water partition coefficient (Wildman–Crippen LogP) is 3.45. The third kappa shape index (κ3) is 2.47. The molecule has 2 rings (SSSR count). The van der Waals surface area contributed by atoms with Crippen LogP contribution in [0.4, 0.5) is 0 Å². The molecule has 0 spiro atoms. The van der Waals surface area contributed by atoms with Crippen LogP contribution in [-0.4, -0.2) is 10.1 Å². The average Bonchev–Trinajstić information content (AvgIpc) is 2.36. The number of benzene rings is 1. The van der Waals surface area contributed by atoms with Crippen LogP contribution in [-0.2, 0) is 5.60 Å². The first kappa shape index (κ1) is 12.1. The van der Waals surface area contributed by atoms with Crippen molar-refractivity contribution in [3.8, 4) is 0 Å². The van der Waals surface area contributed by atoms with E-state index in [0.717, 1.165) is 29.3 Å². The Bertz CT molecular complexity index is 500. The minimum Gasteiger partial charge on any atom is -0.385 e. The van der Waals surface area contributed by atoms with E-state index in [1.165, 1.54) is 0 Å². The molecule has 0 aliphatic rings. The summed E-state index contributed by atoms with van der Waals surface area (Å²) in [5, 5.41) is 11.5. The molecule has 0 aliphatic heterocycles. The highest BCUT2D eigenvalue weighted by Crippen LogP contribution is 2.31. The van der Waals surface area contributed by atoms with Crippen LogP contribution < -0.4 is 0 Å². The lowest BCUT2D eigenvalue weighted by Crippen LogP contribution is -2.21. The molecule has 2 aromatic rings. The average molecular weight is 228 g/mol. The topological polar surface area (TPSA) is 33.1 Å². The first-order valence-electron chi connectivity index (χ1n) is 6.07. The van der Waals surface area contributed by atoms with Gasteiger partial charge in [0.15, 0.2) is 0 Å². The summed E-state index contributed by atoms with van der Waals surface area (Å²) in [6.07, 6.45) is 4.44. The van der Waals surface area contributed by atoms with Gasteiger partial charge in [0.1, 0.15) is 0 Å². The number of rotatable bonds is 4. The van der Waals surface area contributed by atoms with Gasteiger partial charge in [-0.2, -0.15) is 0 Å². The van der Waals surface area contributed by atoms with E-state index in [9.17, 15) is 5.11 Å². The molecular weight excluding hydrogens is 210 g/mol. The van der Waals surface area contributed by atoms with Crippen LogP contribution in [0.25, 0.3) is 10.9 Å². The number of hydrogen-bond donors (Lipinski definition) is 1. The first-order chi connectivity index (χ1) is 8.15. The van der Waals surface area contributed by atoms with E-state index in [4.69, 9.17) is 0 Å². The van der Waals surface area contributed by atoms with Gasteiger partial charge < -0.3 is 5.11 Å². The Kier molecular flexibility index (Phi) is 3.43. The molecule has 0 saturated heterocycles. The highest BCUT2D eigenvalue weighted by atomic mass is 16.3. The molecule has 89 valence electrons. The van der Waals surface area contributed by atoms with Crippen molar-refractivity contribution in [3.05, 3.63) is 49.0 Å². The largest absolute Gasteiger partial charge is 0.385 e. The summed E-state index contributed by atoms with van der Waals surface area (Å²) in [5.74, 6) is 0. The summed E-state index contributed by atoms with van der Waals surface area (Å²) in [4.78, 5) is 4.30. The van der Waals surface area contributed by atoms with Crippen LogP contribution in [0.1, 0.15) is 31.7 Å². The van der Waals surface area contributed by atoms with Crippen LogP contribution in [0, 0.1) is 6.92 Å². The molecule has 0 bridgehead atoms. The van der Waals surface area contributed by atoms with Gasteiger partial charge in [-0.3, -0.25) is 4.98 Å². The maximum atomic E-state index is 10.5. The Balaban J connectivity index is 2.47. The quantitative estimate of drug-likeness (QED) is 0.869. The number of para-hydroxylation sites is 1. The lowest BCUT2D eigenvalue weighted by atomic mass is 9.88. The normalized spacial score (nSPS) is 14.8. The van der Waals surface area contributed by atoms with Crippen LogP contribution >= 0.6 is 0 Å². The molecule has 0 aliphatic carbocycles. The minimum atomic E-state index is -1.02. The van der Waals surface area contributed by atoms with Crippen molar-refractivity contribution in [1.82, 2.24) is 4.98 Å². The van der Waals surface area contributed by atoms with Gasteiger partial charge in [0.2, 0.25) is 0 Å². The van der Waals surface area contributed by atoms with Crippen LogP contribution in [0.3, 0.4) is 0 Å². The molecule has 2 heteroatoms. The van der Waals surface area contributed by atoms with Gasteiger partial charge in [-0.25, -0.2) is 0 Å². The van der Waals surface area contributed by atoms with E-state index < -0.39 is 5.60 Å². The van der Waals surface area contributed by atoms with Gasteiger partial charge in [-0.1, -0.05) is 38.0 Å². The second-order valence-corrected chi connectivity index (χ2v) is 4.51. The first-order valence-corrected chi connectivity index (χ1v) is 6.07. The number of hydrogen-bond acceptors (Lipinski definition) is 2. The van der Waals surface area contributed by atoms with Crippen LogP contribution in [0.2, 0.25) is 0 Å². The molecule has 1 unspecified atom stereocenters. The number of unbranched alkanes of at least 4 members (excludes halogenated alkanes) is 1. The molecule has 1 heterocycles. The SMILES string of the molecule is [CH2]C(O)(CCCC)c1ccnc2ccccc12. The summed E-state index contributed by atoms with van der Waals surface area (Å²) in [5.41, 5.74) is 0.763. The summed E-state index contributed by atoms with van der Waals surface area (Å²) < 4.78 is 0. The van der Waals surface area contributed by atoms with Gasteiger partial charge in [-0.15, -0.1) is 0 Å². The molecule has 1 N–H and O–H groups in total. The van der Waals surface area contributed by atoms with Crippen molar-refractivity contribution < 1.29 is 5.11 Å². The van der Waals surface area contributed by atoms with E-state index >= 15 is 0 Å². The Hall–Kier alpha value is -1.41. The molecule has 0 saturated carbocycles. The fraction of sp³-hybridized carbons (Fsp3) is 0.333. The Morgan fingerprint density at radius 3 is 2.82 bits per heavy atom. The standard InChI is InChI=1S/C15H18NO/c1-3-4-10-15(2,17)13-9-11-16-14-8-6-5-7-12(13)14/h5-9,11,17H,2-4,10H2,1H3. The second-order valence-electron chi connectivity index (χ2n) is 4.51. The van der Waals surface area contributed by atoms with E-state index in [1.807, 2.05) is 30.3 Å². The zero-order chi connectivity index (χ0) is 12.3. The number of aliphatic hydroxyl groups is 1. The highest BCUT2D eigenvalue weighted by molar-refractivity contribution is 5.82.